The summed E-state index contributed by atoms with van der Waals surface area (Å²) in [5, 5.41) is 28.4. The summed E-state index contributed by atoms with van der Waals surface area (Å²) in [4.78, 5) is 117. The van der Waals surface area contributed by atoms with Crippen molar-refractivity contribution in [1.29, 1.82) is 0 Å². The quantitative estimate of drug-likeness (QED) is 0.0366. The fourth-order valence-corrected chi connectivity index (χ4v) is 10.2. The number of nitrogens with zero attached hydrogens (tertiary/aromatic N) is 4. The standard InChI is InChI=1S/C66H105N13O15/c1-45(2)43-58(83)78-44-49-17-8-9-18-50(49)60-61(51-19-10-11-23-55(51)78)79(77-76-60)30-15-13-21-53(72-48(7)80)63(85)70-29-34-92-38-42-93-39-35-89-31-24-56(81)69-28-33-91-37-41-94-40-36-90-32-25-57(82)73-54(20-12-14-26-67)64(86)75-59(46(3)4)65(87)74-52(62(84)47(5)6)22-16-27-71-66(68)88/h8-11,17-19,23,45-47,52-54,59H,12-16,20-22,24-44,67H2,1-7H3,(H,69,81)(H,70,85)(H,72,80)(H,73,82)(H,74,87)(H,75,86)(H3,68,71,88). The highest BCUT2D eigenvalue weighted by Crippen LogP contribution is 2.41. The first kappa shape index (κ1) is 79.0. The molecule has 2 aromatic carbocycles. The molecule has 28 heteroatoms. The Kier molecular flexibility index (Phi) is 37.8. The number of anilines is 1. The summed E-state index contributed by atoms with van der Waals surface area (Å²) in [7, 11) is 0. The second-order valence-electron chi connectivity index (χ2n) is 24.0. The van der Waals surface area contributed by atoms with E-state index in [0.717, 1.165) is 33.8 Å². The zero-order valence-electron chi connectivity index (χ0n) is 56.2. The van der Waals surface area contributed by atoms with Gasteiger partial charge >= 0.3 is 6.03 Å². The molecule has 0 spiro atoms. The molecule has 2 heterocycles. The van der Waals surface area contributed by atoms with Crippen LogP contribution >= 0.6 is 0 Å². The van der Waals surface area contributed by atoms with Gasteiger partial charge in [0, 0.05) is 69.4 Å². The molecule has 0 bridgehead atoms. The van der Waals surface area contributed by atoms with Crippen LogP contribution in [0.25, 0.3) is 22.5 Å². The topological polar surface area (TPSA) is 379 Å². The number of Topliss-reactive ketones (excluding diaryl/α,β-unsaturated/α-hetero) is 1. The van der Waals surface area contributed by atoms with Gasteiger partial charge in [-0.05, 0) is 81.4 Å². The highest BCUT2D eigenvalue weighted by atomic mass is 16.5. The Morgan fingerprint density at radius 1 is 0.553 bits per heavy atom. The Morgan fingerprint density at radius 3 is 1.70 bits per heavy atom. The molecule has 0 radical (unpaired) electrons. The molecule has 3 aromatic rings. The van der Waals surface area contributed by atoms with Crippen LogP contribution in [-0.4, -0.2) is 198 Å². The first-order valence-corrected chi connectivity index (χ1v) is 33.1. The molecule has 4 atom stereocenters. The molecule has 1 aliphatic rings. The number of nitrogens with one attached hydrogen (secondary N) is 7. The van der Waals surface area contributed by atoms with E-state index in [-0.39, 0.29) is 132 Å². The van der Waals surface area contributed by atoms with Crippen molar-refractivity contribution in [1.82, 2.24) is 52.2 Å². The van der Waals surface area contributed by atoms with Crippen LogP contribution < -0.4 is 53.6 Å². The Hall–Kier alpha value is -7.47. The molecule has 0 saturated carbocycles. The molecule has 1 aromatic heterocycles. The molecule has 0 saturated heterocycles. The summed E-state index contributed by atoms with van der Waals surface area (Å²) in [5.74, 6) is -2.99. The lowest BCUT2D eigenvalue weighted by molar-refractivity contribution is -0.135. The SMILES string of the molecule is CC(=O)NC(CCCCn1nnc2c1-c1ccccc1N(C(=O)CC(C)C)Cc1ccccc1-2)C(=O)NCCOCCOCCOCCC(=O)NCCOCCOCCOCCC(=O)NC(CCCCN)C(=O)NC(C(=O)NC(CCCNC(N)=O)C(=O)C(C)C)C(C)C. The van der Waals surface area contributed by atoms with Crippen LogP contribution in [0.3, 0.4) is 0 Å². The smallest absolute Gasteiger partial charge is 0.312 e. The predicted molar refractivity (Wildman–Crippen MR) is 353 cm³/mol. The maximum Gasteiger partial charge on any atom is 0.312 e. The van der Waals surface area contributed by atoms with Crippen LogP contribution in [0.5, 0.6) is 0 Å². The Balaban J connectivity index is 0.995. The zero-order chi connectivity index (χ0) is 68.6. The molecule has 11 N–H and O–H groups in total. The fourth-order valence-electron chi connectivity index (χ4n) is 10.2. The van der Waals surface area contributed by atoms with Gasteiger partial charge in [-0.1, -0.05) is 89.2 Å². The second kappa shape index (κ2) is 45.0. The molecular formula is C66H105N13O15. The van der Waals surface area contributed by atoms with Crippen LogP contribution in [0, 0.1) is 17.8 Å². The minimum atomic E-state index is -1.00. The third-order valence-electron chi connectivity index (χ3n) is 15.1. The van der Waals surface area contributed by atoms with E-state index in [2.05, 4.69) is 47.5 Å². The number of ether oxygens (including phenoxy) is 6. The Morgan fingerprint density at radius 2 is 1.11 bits per heavy atom. The highest BCUT2D eigenvalue weighted by molar-refractivity contribution is 6.00. The lowest BCUT2D eigenvalue weighted by Gasteiger charge is -2.29. The van der Waals surface area contributed by atoms with E-state index in [1.54, 1.807) is 27.7 Å². The first-order valence-electron chi connectivity index (χ1n) is 33.1. The van der Waals surface area contributed by atoms with Gasteiger partial charge in [0.15, 0.2) is 5.78 Å². The number of benzene rings is 2. The van der Waals surface area contributed by atoms with E-state index < -0.39 is 47.9 Å². The third-order valence-corrected chi connectivity index (χ3v) is 15.1. The fraction of sp³-hybridized carbons (Fsp3) is 0.652. The Labute approximate surface area is 553 Å². The normalized spacial score (nSPS) is 13.1. The number of carbonyl (C=O) groups excluding carboxylic acids is 9. The van der Waals surface area contributed by atoms with Gasteiger partial charge in [-0.25, -0.2) is 9.48 Å². The molecular weight excluding hydrogens is 1210 g/mol. The van der Waals surface area contributed by atoms with Crippen molar-refractivity contribution in [2.45, 2.75) is 156 Å². The van der Waals surface area contributed by atoms with Gasteiger partial charge in [0.1, 0.15) is 23.8 Å². The number of amides is 9. The number of primary amides is 1. The van der Waals surface area contributed by atoms with Crippen molar-refractivity contribution in [2.24, 2.45) is 29.2 Å². The van der Waals surface area contributed by atoms with Gasteiger partial charge in [-0.2, -0.15) is 0 Å². The lowest BCUT2D eigenvalue weighted by atomic mass is 9.95. The number of carbonyl (C=O) groups is 9. The second-order valence-corrected chi connectivity index (χ2v) is 24.0. The van der Waals surface area contributed by atoms with Crippen molar-refractivity contribution < 1.29 is 71.6 Å². The van der Waals surface area contributed by atoms with E-state index >= 15 is 0 Å². The van der Waals surface area contributed by atoms with Crippen LogP contribution in [-0.2, 0) is 79.9 Å². The van der Waals surface area contributed by atoms with Gasteiger partial charge in [0.05, 0.1) is 103 Å². The number of urea groups is 1. The van der Waals surface area contributed by atoms with Crippen LogP contribution in [0.15, 0.2) is 48.5 Å². The number of para-hydroxylation sites is 1. The largest absolute Gasteiger partial charge is 0.379 e. The number of aryl methyl sites for hydroxylation is 1. The van der Waals surface area contributed by atoms with E-state index in [4.69, 9.17) is 39.9 Å². The van der Waals surface area contributed by atoms with E-state index in [9.17, 15) is 43.2 Å². The number of fused-ring (bicyclic) bond motifs is 5. The van der Waals surface area contributed by atoms with Crippen LogP contribution in [0.4, 0.5) is 10.5 Å². The molecule has 4 rings (SSSR count). The van der Waals surface area contributed by atoms with Crippen LogP contribution in [0.1, 0.15) is 125 Å². The number of aromatic nitrogens is 3. The Bertz CT molecular complexity index is 2820. The minimum Gasteiger partial charge on any atom is -0.379 e. The average Bonchev–Trinajstić information content (AvgIpc) is 1.47. The number of nitrogens with two attached hydrogens (primary N) is 2. The predicted octanol–water partition coefficient (Wildman–Crippen LogP) is 3.20. The van der Waals surface area contributed by atoms with Crippen LogP contribution in [0.2, 0.25) is 0 Å². The summed E-state index contributed by atoms with van der Waals surface area (Å²) >= 11 is 0. The molecule has 28 nitrogen and oxygen atoms in total. The van der Waals surface area contributed by atoms with Gasteiger partial charge < -0.3 is 82.0 Å². The van der Waals surface area contributed by atoms with Crippen molar-refractivity contribution in [3.8, 4) is 22.5 Å². The molecule has 524 valence electrons. The van der Waals surface area contributed by atoms with Crippen molar-refractivity contribution in [3.05, 3.63) is 54.1 Å². The van der Waals surface area contributed by atoms with E-state index in [1.165, 1.54) is 6.92 Å². The van der Waals surface area contributed by atoms with Gasteiger partial charge in [0.2, 0.25) is 41.4 Å². The average molecular weight is 1320 g/mol. The van der Waals surface area contributed by atoms with Crippen molar-refractivity contribution >= 4 is 58.9 Å². The third kappa shape index (κ3) is 29.9. The molecule has 9 amide bonds. The number of ketones is 1. The summed E-state index contributed by atoms with van der Waals surface area (Å²) < 4.78 is 35.2. The zero-order valence-corrected chi connectivity index (χ0v) is 56.2. The molecule has 94 heavy (non-hydrogen) atoms. The van der Waals surface area contributed by atoms with Gasteiger partial charge in [0.25, 0.3) is 0 Å². The summed E-state index contributed by atoms with van der Waals surface area (Å²) in [6.07, 6.45) is 4.33. The first-order chi connectivity index (χ1) is 45.2. The summed E-state index contributed by atoms with van der Waals surface area (Å²) in [6.45, 7) is 17.6. The number of hydrogen-bond donors (Lipinski definition) is 9. The molecule has 4 unspecified atom stereocenters. The van der Waals surface area contributed by atoms with Crippen molar-refractivity contribution in [2.75, 3.05) is 110 Å². The summed E-state index contributed by atoms with van der Waals surface area (Å²) in [5.41, 5.74) is 16.0. The number of unbranched alkanes of at least 4 members (excludes halogenated alkanes) is 2. The van der Waals surface area contributed by atoms with E-state index in [0.29, 0.717) is 104 Å². The molecule has 0 aliphatic carbocycles. The molecule has 0 fully saturated rings. The highest BCUT2D eigenvalue weighted by Gasteiger charge is 2.33. The monoisotopic (exact) mass is 1320 g/mol. The maximum absolute atomic E-state index is 13.7. The lowest BCUT2D eigenvalue weighted by Crippen LogP contribution is -2.57. The molecule has 1 aliphatic heterocycles. The van der Waals surface area contributed by atoms with Gasteiger partial charge in [-0.15, -0.1) is 5.10 Å². The number of rotatable bonds is 49. The van der Waals surface area contributed by atoms with Crippen molar-refractivity contribution in [3.63, 3.8) is 0 Å². The van der Waals surface area contributed by atoms with E-state index in [1.807, 2.05) is 72.0 Å². The number of hydrogen-bond acceptors (Lipinski definition) is 18. The minimum absolute atomic E-state index is 0.0256. The maximum atomic E-state index is 13.7. The summed E-state index contributed by atoms with van der Waals surface area (Å²) in [6, 6.07) is 11.6. The van der Waals surface area contributed by atoms with Gasteiger partial charge in [-0.3, -0.25) is 38.4 Å².